The molecule has 0 aliphatic heterocycles. The maximum absolute atomic E-state index is 10.9. The highest BCUT2D eigenvalue weighted by atomic mass is 35.5. The summed E-state index contributed by atoms with van der Waals surface area (Å²) in [7, 11) is 0. The Hall–Kier alpha value is -1.35. The Labute approximate surface area is 151 Å². The number of benzene rings is 2. The van der Waals surface area contributed by atoms with E-state index in [9.17, 15) is 5.11 Å². The lowest BCUT2D eigenvalue weighted by Crippen LogP contribution is -3.15. The highest BCUT2D eigenvalue weighted by Crippen LogP contribution is 2.26. The van der Waals surface area contributed by atoms with Gasteiger partial charge in [-0.2, -0.15) is 0 Å². The Bertz CT molecular complexity index is 558. The fourth-order valence-electron chi connectivity index (χ4n) is 3.99. The van der Waals surface area contributed by atoms with E-state index in [1.54, 1.807) is 0 Å². The maximum Gasteiger partial charge on any atom is 0.117 e. The SMILES string of the molecule is C[C@]1(O)CCCC[C@H]1[NH+](Cc1ccccc1)Cc1ccccc1.[Cl-]. The number of quaternary nitrogens is 1. The van der Waals surface area contributed by atoms with E-state index in [0.717, 1.165) is 32.4 Å². The average molecular weight is 346 g/mol. The van der Waals surface area contributed by atoms with E-state index < -0.39 is 5.60 Å². The summed E-state index contributed by atoms with van der Waals surface area (Å²) in [4.78, 5) is 1.48. The summed E-state index contributed by atoms with van der Waals surface area (Å²) in [6.07, 6.45) is 4.41. The van der Waals surface area contributed by atoms with Gasteiger partial charge >= 0.3 is 0 Å². The molecule has 2 N–H and O–H groups in total. The Morgan fingerprint density at radius 3 is 1.88 bits per heavy atom. The van der Waals surface area contributed by atoms with Crippen LogP contribution >= 0.6 is 0 Å². The Kier molecular flexibility index (Phi) is 6.85. The van der Waals surface area contributed by atoms with Gasteiger partial charge in [-0.3, -0.25) is 0 Å². The lowest BCUT2D eigenvalue weighted by atomic mass is 9.80. The van der Waals surface area contributed by atoms with Gasteiger partial charge in [0.15, 0.2) is 0 Å². The zero-order chi connectivity index (χ0) is 16.1. The molecule has 1 fully saturated rings. The van der Waals surface area contributed by atoms with E-state index in [0.29, 0.717) is 6.04 Å². The quantitative estimate of drug-likeness (QED) is 0.781. The minimum absolute atomic E-state index is 0. The van der Waals surface area contributed by atoms with Crippen LogP contribution in [0.2, 0.25) is 0 Å². The fraction of sp³-hybridized carbons (Fsp3) is 0.429. The average Bonchev–Trinajstić information content (AvgIpc) is 2.56. The van der Waals surface area contributed by atoms with Crippen LogP contribution < -0.4 is 17.3 Å². The fourth-order valence-corrected chi connectivity index (χ4v) is 3.99. The molecule has 0 radical (unpaired) electrons. The van der Waals surface area contributed by atoms with Crippen LogP contribution in [0.3, 0.4) is 0 Å². The number of hydrogen-bond donors (Lipinski definition) is 2. The third-order valence-corrected chi connectivity index (χ3v) is 5.22. The molecule has 0 bridgehead atoms. The first-order valence-corrected chi connectivity index (χ1v) is 8.80. The van der Waals surface area contributed by atoms with E-state index in [1.165, 1.54) is 22.4 Å². The molecule has 1 aliphatic rings. The van der Waals surface area contributed by atoms with Gasteiger partial charge in [0, 0.05) is 17.5 Å². The molecule has 2 atom stereocenters. The monoisotopic (exact) mass is 345 g/mol. The number of hydrogen-bond acceptors (Lipinski definition) is 1. The number of halogens is 1. The molecule has 0 unspecified atom stereocenters. The smallest absolute Gasteiger partial charge is 0.117 e. The van der Waals surface area contributed by atoms with Crippen molar-refractivity contribution >= 4 is 0 Å². The van der Waals surface area contributed by atoms with E-state index >= 15 is 0 Å². The first-order valence-electron chi connectivity index (χ1n) is 8.80. The minimum Gasteiger partial charge on any atom is -1.00 e. The number of rotatable bonds is 5. The van der Waals surface area contributed by atoms with Gasteiger partial charge in [0.05, 0.1) is 0 Å². The van der Waals surface area contributed by atoms with Gasteiger partial charge < -0.3 is 22.4 Å². The van der Waals surface area contributed by atoms with Crippen LogP contribution in [0, 0.1) is 0 Å². The third-order valence-electron chi connectivity index (χ3n) is 5.22. The summed E-state index contributed by atoms with van der Waals surface area (Å²) < 4.78 is 0. The van der Waals surface area contributed by atoms with Gasteiger partial charge in [-0.1, -0.05) is 67.1 Å². The summed E-state index contributed by atoms with van der Waals surface area (Å²) >= 11 is 0. The molecule has 1 aliphatic carbocycles. The molecule has 0 amide bonds. The Morgan fingerprint density at radius 1 is 0.917 bits per heavy atom. The van der Waals surface area contributed by atoms with Crippen LogP contribution in [0.5, 0.6) is 0 Å². The summed E-state index contributed by atoms with van der Waals surface area (Å²) in [5, 5.41) is 10.9. The van der Waals surface area contributed by atoms with Crippen molar-refractivity contribution in [2.24, 2.45) is 0 Å². The number of nitrogens with one attached hydrogen (secondary N) is 1. The van der Waals surface area contributed by atoms with E-state index in [4.69, 9.17) is 0 Å². The highest BCUT2D eigenvalue weighted by molar-refractivity contribution is 5.15. The second kappa shape index (κ2) is 8.66. The van der Waals surface area contributed by atoms with Gasteiger partial charge in [-0.25, -0.2) is 0 Å². The largest absolute Gasteiger partial charge is 1.00 e. The molecule has 3 heteroatoms. The molecule has 0 aromatic heterocycles. The highest BCUT2D eigenvalue weighted by Gasteiger charge is 2.41. The van der Waals surface area contributed by atoms with E-state index in [2.05, 4.69) is 60.7 Å². The first-order chi connectivity index (χ1) is 11.1. The molecule has 1 saturated carbocycles. The topological polar surface area (TPSA) is 24.7 Å². The lowest BCUT2D eigenvalue weighted by molar-refractivity contribution is -0.960. The molecule has 0 spiro atoms. The van der Waals surface area contributed by atoms with Crippen molar-refractivity contribution in [1.29, 1.82) is 0 Å². The van der Waals surface area contributed by atoms with Crippen LogP contribution in [0.15, 0.2) is 60.7 Å². The van der Waals surface area contributed by atoms with Crippen molar-refractivity contribution in [2.75, 3.05) is 0 Å². The van der Waals surface area contributed by atoms with Crippen molar-refractivity contribution in [3.05, 3.63) is 71.8 Å². The third kappa shape index (κ3) is 4.83. The second-order valence-corrected chi connectivity index (χ2v) is 7.14. The van der Waals surface area contributed by atoms with Crippen LogP contribution in [0.25, 0.3) is 0 Å². The van der Waals surface area contributed by atoms with Crippen LogP contribution in [-0.2, 0) is 13.1 Å². The van der Waals surface area contributed by atoms with Crippen molar-refractivity contribution in [2.45, 2.75) is 57.3 Å². The second-order valence-electron chi connectivity index (χ2n) is 7.14. The van der Waals surface area contributed by atoms with E-state index in [1.807, 2.05) is 6.92 Å². The molecule has 24 heavy (non-hydrogen) atoms. The molecule has 2 nitrogen and oxygen atoms in total. The molecule has 3 rings (SSSR count). The normalized spacial score (nSPS) is 23.7. The summed E-state index contributed by atoms with van der Waals surface area (Å²) in [6, 6.07) is 21.6. The van der Waals surface area contributed by atoms with Crippen molar-refractivity contribution in [1.82, 2.24) is 0 Å². The van der Waals surface area contributed by atoms with Crippen LogP contribution in [0.1, 0.15) is 43.7 Å². The van der Waals surface area contributed by atoms with Crippen molar-refractivity contribution in [3.8, 4) is 0 Å². The predicted molar refractivity (Wildman–Crippen MR) is 94.1 cm³/mol. The van der Waals surface area contributed by atoms with Crippen molar-refractivity contribution in [3.63, 3.8) is 0 Å². The zero-order valence-corrected chi connectivity index (χ0v) is 15.2. The summed E-state index contributed by atoms with van der Waals surface area (Å²) in [5.41, 5.74) is 2.14. The first kappa shape index (κ1) is 19.0. The van der Waals surface area contributed by atoms with E-state index in [-0.39, 0.29) is 12.4 Å². The molecular weight excluding hydrogens is 318 g/mol. The minimum atomic E-state index is -0.558. The maximum atomic E-state index is 10.9. The van der Waals surface area contributed by atoms with Crippen LogP contribution in [0.4, 0.5) is 0 Å². The Morgan fingerprint density at radius 2 is 1.42 bits per heavy atom. The van der Waals surface area contributed by atoms with Crippen LogP contribution in [-0.4, -0.2) is 16.7 Å². The molecule has 2 aromatic carbocycles. The predicted octanol–water partition coefficient (Wildman–Crippen LogP) is -0.0307. The summed E-state index contributed by atoms with van der Waals surface area (Å²) in [5.74, 6) is 0. The van der Waals surface area contributed by atoms with Gasteiger partial charge in [0.2, 0.25) is 0 Å². The Balaban J connectivity index is 0.00000208. The lowest BCUT2D eigenvalue weighted by Gasteiger charge is -2.41. The standard InChI is InChI=1S/C21H27NO.ClH/c1-21(23)15-9-8-14-20(21)22(16-18-10-4-2-5-11-18)17-19-12-6-3-7-13-19;/h2-7,10-13,20,23H,8-9,14-17H2,1H3;1H/t20-,21+;/m1./s1. The van der Waals surface area contributed by atoms with Gasteiger partial charge in [0.25, 0.3) is 0 Å². The molecular formula is C21H28ClNO. The van der Waals surface area contributed by atoms with Gasteiger partial charge in [-0.15, -0.1) is 0 Å². The molecule has 2 aromatic rings. The van der Waals surface area contributed by atoms with Crippen molar-refractivity contribution < 1.29 is 22.4 Å². The molecule has 130 valence electrons. The van der Waals surface area contributed by atoms with Gasteiger partial charge in [0.1, 0.15) is 24.7 Å². The number of aliphatic hydroxyl groups is 1. The summed E-state index contributed by atoms with van der Waals surface area (Å²) in [6.45, 7) is 3.97. The molecule has 0 heterocycles. The molecule has 0 saturated heterocycles. The van der Waals surface area contributed by atoms with Gasteiger partial charge in [-0.05, 0) is 19.8 Å². The zero-order valence-electron chi connectivity index (χ0n) is 14.4.